The minimum absolute atomic E-state index is 0.344. The van der Waals surface area contributed by atoms with Crippen LogP contribution in [0.2, 0.25) is 5.02 Å². The maximum atomic E-state index is 11.9. The molecule has 9 heteroatoms. The van der Waals surface area contributed by atoms with Crippen LogP contribution in [-0.4, -0.2) is 29.4 Å². The number of hydrogen-bond acceptors (Lipinski definition) is 5. The molecule has 0 spiro atoms. The predicted molar refractivity (Wildman–Crippen MR) is 156 cm³/mol. The van der Waals surface area contributed by atoms with Gasteiger partial charge in [-0.1, -0.05) is 30.7 Å². The molecule has 0 bridgehead atoms. The molecule has 7 nitrogen and oxygen atoms in total. The number of nitrogens with one attached hydrogen (secondary N) is 1. The van der Waals surface area contributed by atoms with E-state index in [1.54, 1.807) is 12.3 Å². The number of nitrogens with zero attached hydrogens (tertiary/aromatic N) is 3. The molecule has 0 amide bonds. The highest BCUT2D eigenvalue weighted by molar-refractivity contribution is 7.92. The number of pyridine rings is 1. The quantitative estimate of drug-likeness (QED) is 0.260. The zero-order valence-corrected chi connectivity index (χ0v) is 22.9. The lowest BCUT2D eigenvalue weighted by Crippen LogP contribution is -2.09. The first-order chi connectivity index (χ1) is 18.8. The Morgan fingerprint density at radius 3 is 2.64 bits per heavy atom. The Kier molecular flexibility index (Phi) is 6.37. The van der Waals surface area contributed by atoms with Crippen LogP contribution < -0.4 is 9.46 Å². The largest absolute Gasteiger partial charge is 0.472 e. The third-order valence-electron chi connectivity index (χ3n) is 6.71. The van der Waals surface area contributed by atoms with Gasteiger partial charge in [0.25, 0.3) is 0 Å². The Morgan fingerprint density at radius 1 is 1.05 bits per heavy atom. The molecule has 0 saturated carbocycles. The molecular weight excluding hydrogens is 532 g/mol. The van der Waals surface area contributed by atoms with Crippen molar-refractivity contribution in [1.29, 1.82) is 0 Å². The molecule has 1 aliphatic rings. The van der Waals surface area contributed by atoms with Crippen LogP contribution in [0.3, 0.4) is 0 Å². The SMILES string of the molecule is CC/C(=C1\c2cc3cnn(-c4ccc(Cl)cc4)c3cc2COc2ncccc21)c1cccc(NS(C)(=O)=O)c1. The van der Waals surface area contributed by atoms with Crippen molar-refractivity contribution >= 4 is 49.4 Å². The normalized spacial score (nSPS) is 14.2. The van der Waals surface area contributed by atoms with Gasteiger partial charge in [-0.3, -0.25) is 4.72 Å². The van der Waals surface area contributed by atoms with Crippen molar-refractivity contribution in [2.75, 3.05) is 11.0 Å². The van der Waals surface area contributed by atoms with Crippen LogP contribution in [-0.2, 0) is 16.6 Å². The number of anilines is 1. The molecule has 0 atom stereocenters. The average Bonchev–Trinajstić information content (AvgIpc) is 3.25. The van der Waals surface area contributed by atoms with Crippen molar-refractivity contribution in [3.63, 3.8) is 0 Å². The van der Waals surface area contributed by atoms with E-state index >= 15 is 0 Å². The minimum atomic E-state index is -3.41. The first-order valence-electron chi connectivity index (χ1n) is 12.5. The van der Waals surface area contributed by atoms with Gasteiger partial charge in [-0.2, -0.15) is 5.10 Å². The summed E-state index contributed by atoms with van der Waals surface area (Å²) >= 11 is 6.11. The number of sulfonamides is 1. The summed E-state index contributed by atoms with van der Waals surface area (Å²) in [6.45, 7) is 2.44. The van der Waals surface area contributed by atoms with E-state index in [0.29, 0.717) is 29.6 Å². The van der Waals surface area contributed by atoms with E-state index in [0.717, 1.165) is 56.2 Å². The fourth-order valence-corrected chi connectivity index (χ4v) is 5.76. The van der Waals surface area contributed by atoms with Crippen LogP contribution in [0, 0.1) is 0 Å². The molecule has 2 aromatic heterocycles. The number of rotatable bonds is 5. The van der Waals surface area contributed by atoms with Gasteiger partial charge in [0.15, 0.2) is 0 Å². The van der Waals surface area contributed by atoms with E-state index in [4.69, 9.17) is 16.3 Å². The number of allylic oxidation sites excluding steroid dienone is 1. The monoisotopic (exact) mass is 556 g/mol. The third-order valence-corrected chi connectivity index (χ3v) is 7.57. The number of hydrogen-bond donors (Lipinski definition) is 1. The molecular formula is C30H25ClN4O3S. The summed E-state index contributed by atoms with van der Waals surface area (Å²) in [7, 11) is -3.41. The summed E-state index contributed by atoms with van der Waals surface area (Å²) in [5.41, 5.74) is 8.27. The molecule has 39 heavy (non-hydrogen) atoms. The fraction of sp³-hybridized carbons (Fsp3) is 0.133. The highest BCUT2D eigenvalue weighted by Crippen LogP contribution is 2.43. The zero-order valence-electron chi connectivity index (χ0n) is 21.3. The van der Waals surface area contributed by atoms with Crippen LogP contribution >= 0.6 is 11.6 Å². The van der Waals surface area contributed by atoms with E-state index in [1.807, 2.05) is 65.5 Å². The van der Waals surface area contributed by atoms with E-state index in [1.165, 1.54) is 0 Å². The molecule has 6 rings (SSSR count). The van der Waals surface area contributed by atoms with Gasteiger partial charge in [0.2, 0.25) is 15.9 Å². The van der Waals surface area contributed by atoms with E-state index in [9.17, 15) is 8.42 Å². The molecule has 3 aromatic carbocycles. The summed E-state index contributed by atoms with van der Waals surface area (Å²) in [5.74, 6) is 0.559. The minimum Gasteiger partial charge on any atom is -0.472 e. The Labute approximate surface area is 231 Å². The number of halogens is 1. The van der Waals surface area contributed by atoms with Crippen LogP contribution in [0.1, 0.15) is 35.6 Å². The van der Waals surface area contributed by atoms with Gasteiger partial charge in [-0.15, -0.1) is 0 Å². The van der Waals surface area contributed by atoms with Gasteiger partial charge in [0.1, 0.15) is 6.61 Å². The van der Waals surface area contributed by atoms with Crippen molar-refractivity contribution in [2.45, 2.75) is 20.0 Å². The Hall–Kier alpha value is -4.14. The van der Waals surface area contributed by atoms with Crippen molar-refractivity contribution in [1.82, 2.24) is 14.8 Å². The third kappa shape index (κ3) is 4.89. The number of ether oxygens (including phenoxy) is 1. The molecule has 0 unspecified atom stereocenters. The first kappa shape index (κ1) is 25.2. The maximum Gasteiger partial charge on any atom is 0.229 e. The summed E-state index contributed by atoms with van der Waals surface area (Å²) in [4.78, 5) is 4.54. The van der Waals surface area contributed by atoms with Crippen molar-refractivity contribution < 1.29 is 13.2 Å². The molecule has 3 heterocycles. The van der Waals surface area contributed by atoms with Gasteiger partial charge in [0, 0.05) is 27.9 Å². The van der Waals surface area contributed by atoms with Crippen molar-refractivity contribution in [3.8, 4) is 11.6 Å². The number of benzene rings is 3. The van der Waals surface area contributed by atoms with Crippen LogP contribution in [0.4, 0.5) is 5.69 Å². The first-order valence-corrected chi connectivity index (χ1v) is 14.7. The van der Waals surface area contributed by atoms with Gasteiger partial charge in [0.05, 0.1) is 23.7 Å². The van der Waals surface area contributed by atoms with Gasteiger partial charge in [-0.05, 0) is 94.9 Å². The summed E-state index contributed by atoms with van der Waals surface area (Å²) < 4.78 is 34.5. The van der Waals surface area contributed by atoms with Gasteiger partial charge >= 0.3 is 0 Å². The molecule has 196 valence electrons. The Balaban J connectivity index is 1.59. The molecule has 1 N–H and O–H groups in total. The second kappa shape index (κ2) is 9.87. The summed E-state index contributed by atoms with van der Waals surface area (Å²) in [5, 5.41) is 6.32. The average molecular weight is 557 g/mol. The number of aromatic nitrogens is 3. The second-order valence-corrected chi connectivity index (χ2v) is 11.6. The van der Waals surface area contributed by atoms with Crippen molar-refractivity contribution in [2.24, 2.45) is 0 Å². The zero-order chi connectivity index (χ0) is 27.1. The van der Waals surface area contributed by atoms with E-state index in [2.05, 4.69) is 33.9 Å². The molecule has 0 aliphatic carbocycles. The fourth-order valence-electron chi connectivity index (χ4n) is 5.08. The topological polar surface area (TPSA) is 86.1 Å². The summed E-state index contributed by atoms with van der Waals surface area (Å²) in [6.07, 6.45) is 5.44. The molecule has 0 saturated heterocycles. The highest BCUT2D eigenvalue weighted by Gasteiger charge is 2.25. The lowest BCUT2D eigenvalue weighted by molar-refractivity contribution is 0.295. The second-order valence-electron chi connectivity index (χ2n) is 9.41. The van der Waals surface area contributed by atoms with Crippen LogP contribution in [0.25, 0.3) is 27.7 Å². The summed E-state index contributed by atoms with van der Waals surface area (Å²) in [6, 6.07) is 23.2. The van der Waals surface area contributed by atoms with E-state index in [-0.39, 0.29) is 0 Å². The molecule has 0 radical (unpaired) electrons. The lowest BCUT2D eigenvalue weighted by atomic mass is 9.86. The smallest absolute Gasteiger partial charge is 0.229 e. The number of fused-ring (bicyclic) bond motifs is 3. The predicted octanol–water partition coefficient (Wildman–Crippen LogP) is 6.71. The molecule has 0 fully saturated rings. The molecule has 5 aromatic rings. The van der Waals surface area contributed by atoms with Gasteiger partial charge in [-0.25, -0.2) is 18.1 Å². The highest BCUT2D eigenvalue weighted by atomic mass is 35.5. The van der Waals surface area contributed by atoms with Gasteiger partial charge < -0.3 is 4.74 Å². The van der Waals surface area contributed by atoms with E-state index < -0.39 is 10.0 Å². The molecule has 1 aliphatic heterocycles. The maximum absolute atomic E-state index is 11.9. The Morgan fingerprint density at radius 2 is 1.87 bits per heavy atom. The standard InChI is InChI=1S/C30H25ClN4O3S/c1-3-25(19-6-4-7-23(14-19)34-39(2,36)37)29-26-8-5-13-32-30(26)38-18-21-16-28-20(15-27(21)29)17-33-35(28)24-11-9-22(31)10-12-24/h4-17,34H,3,18H2,1-2H3/b29-25+. The lowest BCUT2D eigenvalue weighted by Gasteiger charge is -2.18. The Bertz CT molecular complexity index is 1860. The van der Waals surface area contributed by atoms with Crippen LogP contribution in [0.5, 0.6) is 5.88 Å². The van der Waals surface area contributed by atoms with Crippen LogP contribution in [0.15, 0.2) is 85.2 Å². The van der Waals surface area contributed by atoms with Crippen molar-refractivity contribution in [3.05, 3.63) is 112 Å².